The Morgan fingerprint density at radius 2 is 1.87 bits per heavy atom. The molecule has 1 N–H and O–H groups in total. The predicted molar refractivity (Wildman–Crippen MR) is 94.6 cm³/mol. The first-order valence-corrected chi connectivity index (χ1v) is 8.73. The Balaban J connectivity index is 1.76. The molecule has 0 aromatic heterocycles. The second-order valence-corrected chi connectivity index (χ2v) is 6.91. The van der Waals surface area contributed by atoms with E-state index in [1.807, 2.05) is 0 Å². The highest BCUT2D eigenvalue weighted by Gasteiger charge is 2.21. The van der Waals surface area contributed by atoms with E-state index >= 15 is 0 Å². The molecule has 1 aliphatic carbocycles. The fourth-order valence-corrected chi connectivity index (χ4v) is 4.11. The van der Waals surface area contributed by atoms with Gasteiger partial charge in [0.2, 0.25) is 0 Å². The number of hydrogen-bond acceptors (Lipinski definition) is 2. The van der Waals surface area contributed by atoms with E-state index < -0.39 is 0 Å². The Morgan fingerprint density at radius 1 is 0.957 bits per heavy atom. The van der Waals surface area contributed by atoms with Crippen molar-refractivity contribution >= 4 is 17.3 Å². The minimum absolute atomic E-state index is 0.999. The van der Waals surface area contributed by atoms with Crippen LogP contribution in [0.4, 0.5) is 5.69 Å². The molecule has 0 amide bonds. The molecule has 0 fully saturated rings. The Hall–Kier alpha value is -2.22. The minimum Gasteiger partial charge on any atom is -0.456 e. The summed E-state index contributed by atoms with van der Waals surface area (Å²) < 4.78 is 6.30. The third kappa shape index (κ3) is 2.01. The van der Waals surface area contributed by atoms with Gasteiger partial charge in [-0.15, -0.1) is 0 Å². The van der Waals surface area contributed by atoms with E-state index in [1.165, 1.54) is 64.1 Å². The molecule has 0 atom stereocenters. The van der Waals surface area contributed by atoms with Crippen molar-refractivity contribution in [3.8, 4) is 11.5 Å². The van der Waals surface area contributed by atoms with Gasteiger partial charge >= 0.3 is 0 Å². The number of fused-ring (bicyclic) bond motifs is 4. The van der Waals surface area contributed by atoms with Crippen molar-refractivity contribution in [3.05, 3.63) is 51.4 Å². The largest absolute Gasteiger partial charge is 0.456 e. The van der Waals surface area contributed by atoms with Crippen molar-refractivity contribution in [3.63, 3.8) is 0 Å². The van der Waals surface area contributed by atoms with Crippen molar-refractivity contribution in [2.24, 2.45) is 0 Å². The minimum atomic E-state index is 0.999. The highest BCUT2D eigenvalue weighted by Crippen LogP contribution is 2.38. The molecule has 2 nitrogen and oxygen atoms in total. The van der Waals surface area contributed by atoms with Crippen LogP contribution in [0.1, 0.15) is 42.9 Å². The van der Waals surface area contributed by atoms with E-state index in [0.29, 0.717) is 0 Å². The third-order valence-corrected chi connectivity index (χ3v) is 5.43. The SMILES string of the molecule is CC1=c2cc3c(cc2Oc2cc4c(cc21)CCCN4)=CCCC3. The maximum atomic E-state index is 6.30. The number of nitrogens with one attached hydrogen (secondary N) is 1. The molecule has 2 aromatic rings. The third-order valence-electron chi connectivity index (χ3n) is 5.43. The monoisotopic (exact) mass is 303 g/mol. The van der Waals surface area contributed by atoms with Crippen LogP contribution in [0.15, 0.2) is 24.3 Å². The quantitative estimate of drug-likeness (QED) is 0.804. The number of benzene rings is 2. The first-order valence-electron chi connectivity index (χ1n) is 8.73. The topological polar surface area (TPSA) is 21.3 Å². The van der Waals surface area contributed by atoms with E-state index in [2.05, 4.69) is 42.6 Å². The molecule has 3 aliphatic rings. The Kier molecular flexibility index (Phi) is 2.81. The Labute approximate surface area is 136 Å². The second kappa shape index (κ2) is 4.89. The van der Waals surface area contributed by atoms with Crippen molar-refractivity contribution in [2.45, 2.75) is 39.0 Å². The number of ether oxygens (including phenoxy) is 1. The summed E-state index contributed by atoms with van der Waals surface area (Å²) in [7, 11) is 0. The van der Waals surface area contributed by atoms with Gasteiger partial charge in [0.25, 0.3) is 0 Å². The molecule has 0 bridgehead atoms. The Morgan fingerprint density at radius 3 is 2.83 bits per heavy atom. The van der Waals surface area contributed by atoms with Gasteiger partial charge in [0.05, 0.1) is 0 Å². The second-order valence-electron chi connectivity index (χ2n) is 6.91. The zero-order valence-corrected chi connectivity index (χ0v) is 13.5. The molecule has 2 heterocycles. The summed E-state index contributed by atoms with van der Waals surface area (Å²) in [6.07, 6.45) is 8.36. The highest BCUT2D eigenvalue weighted by atomic mass is 16.5. The van der Waals surface area contributed by atoms with Crippen LogP contribution < -0.4 is 20.5 Å². The summed E-state index contributed by atoms with van der Waals surface area (Å²) in [5, 5.41) is 6.14. The standard InChI is InChI=1S/C21H21NO/c1-13-17-9-14-5-2-3-6-15(14)11-20(17)23-21-12-19-16(10-18(13)21)7-4-8-22-19/h6,9-12,22H,2-5,7-8H2,1H3. The molecule has 0 saturated carbocycles. The maximum Gasteiger partial charge on any atom is 0.137 e. The van der Waals surface area contributed by atoms with Gasteiger partial charge in [-0.05, 0) is 79.1 Å². The van der Waals surface area contributed by atoms with Crippen LogP contribution in [0.3, 0.4) is 0 Å². The molecular formula is C21H21NO. The number of anilines is 1. The molecule has 0 spiro atoms. The van der Waals surface area contributed by atoms with Crippen LogP contribution in [0.25, 0.3) is 11.6 Å². The average Bonchev–Trinajstić information content (AvgIpc) is 2.59. The van der Waals surface area contributed by atoms with Gasteiger partial charge in [-0.3, -0.25) is 0 Å². The Bertz CT molecular complexity index is 939. The average molecular weight is 303 g/mol. The van der Waals surface area contributed by atoms with Crippen LogP contribution in [0.2, 0.25) is 0 Å². The predicted octanol–water partition coefficient (Wildman–Crippen LogP) is 3.49. The zero-order valence-electron chi connectivity index (χ0n) is 13.5. The van der Waals surface area contributed by atoms with Gasteiger partial charge < -0.3 is 10.1 Å². The number of hydrogen-bond donors (Lipinski definition) is 1. The molecule has 5 rings (SSSR count). The van der Waals surface area contributed by atoms with Crippen LogP contribution in [-0.4, -0.2) is 6.54 Å². The van der Waals surface area contributed by atoms with Crippen LogP contribution >= 0.6 is 0 Å². The fourth-order valence-electron chi connectivity index (χ4n) is 4.11. The van der Waals surface area contributed by atoms with Crippen LogP contribution in [0, 0.1) is 0 Å². The van der Waals surface area contributed by atoms with Crippen LogP contribution in [0.5, 0.6) is 11.5 Å². The van der Waals surface area contributed by atoms with Gasteiger partial charge in [0.1, 0.15) is 11.5 Å². The lowest BCUT2D eigenvalue weighted by Crippen LogP contribution is -2.23. The van der Waals surface area contributed by atoms with E-state index in [4.69, 9.17) is 4.74 Å². The molecule has 116 valence electrons. The maximum absolute atomic E-state index is 6.30. The van der Waals surface area contributed by atoms with E-state index in [-0.39, 0.29) is 0 Å². The summed E-state index contributed by atoms with van der Waals surface area (Å²) in [5.41, 5.74) is 6.76. The lowest BCUT2D eigenvalue weighted by Gasteiger charge is -2.25. The number of rotatable bonds is 0. The van der Waals surface area contributed by atoms with Gasteiger partial charge in [0, 0.05) is 29.1 Å². The van der Waals surface area contributed by atoms with E-state index in [0.717, 1.165) is 24.5 Å². The summed E-state index contributed by atoms with van der Waals surface area (Å²) >= 11 is 0. The highest BCUT2D eigenvalue weighted by molar-refractivity contribution is 5.77. The fraction of sp³-hybridized carbons (Fsp3) is 0.333. The van der Waals surface area contributed by atoms with Crippen molar-refractivity contribution < 1.29 is 4.74 Å². The van der Waals surface area contributed by atoms with Crippen LogP contribution in [-0.2, 0) is 12.8 Å². The summed E-state index contributed by atoms with van der Waals surface area (Å²) in [6, 6.07) is 9.12. The van der Waals surface area contributed by atoms with Crippen molar-refractivity contribution in [2.75, 3.05) is 11.9 Å². The van der Waals surface area contributed by atoms with Crippen molar-refractivity contribution in [1.29, 1.82) is 0 Å². The number of aryl methyl sites for hydroxylation is 2. The van der Waals surface area contributed by atoms with E-state index in [9.17, 15) is 0 Å². The molecule has 0 radical (unpaired) electrons. The molecule has 23 heavy (non-hydrogen) atoms. The molecule has 2 heteroatoms. The summed E-state index contributed by atoms with van der Waals surface area (Å²) in [6.45, 7) is 3.30. The molecule has 2 aromatic carbocycles. The van der Waals surface area contributed by atoms with Gasteiger partial charge in [-0.25, -0.2) is 0 Å². The lowest BCUT2D eigenvalue weighted by atomic mass is 9.92. The molecular weight excluding hydrogens is 282 g/mol. The molecule has 0 saturated heterocycles. The normalized spacial score (nSPS) is 17.7. The van der Waals surface area contributed by atoms with Gasteiger partial charge in [0.15, 0.2) is 0 Å². The first kappa shape index (κ1) is 13.2. The first-order chi connectivity index (χ1) is 11.3. The zero-order chi connectivity index (χ0) is 15.4. The summed E-state index contributed by atoms with van der Waals surface area (Å²) in [5.74, 6) is 2.02. The molecule has 2 aliphatic heterocycles. The molecule has 0 unspecified atom stereocenters. The van der Waals surface area contributed by atoms with Gasteiger partial charge in [-0.2, -0.15) is 0 Å². The lowest BCUT2D eigenvalue weighted by molar-refractivity contribution is 0.470. The van der Waals surface area contributed by atoms with Crippen molar-refractivity contribution in [1.82, 2.24) is 0 Å². The van der Waals surface area contributed by atoms with Gasteiger partial charge in [-0.1, -0.05) is 6.08 Å². The van der Waals surface area contributed by atoms with E-state index in [1.54, 1.807) is 0 Å². The summed E-state index contributed by atoms with van der Waals surface area (Å²) in [4.78, 5) is 0. The smallest absolute Gasteiger partial charge is 0.137 e.